The van der Waals surface area contributed by atoms with Crippen LogP contribution < -0.4 is 0 Å². The average molecular weight is 1070 g/mol. The van der Waals surface area contributed by atoms with Gasteiger partial charge in [-0.2, -0.15) is 0 Å². The molecule has 444 valence electrons. The van der Waals surface area contributed by atoms with Crippen LogP contribution in [-0.2, 0) is 28.6 Å². The normalized spacial score (nSPS) is 12.3. The zero-order chi connectivity index (χ0) is 55.0. The van der Waals surface area contributed by atoms with Crippen molar-refractivity contribution in [1.82, 2.24) is 0 Å². The second kappa shape index (κ2) is 64.9. The predicted octanol–water partition coefficient (Wildman–Crippen LogP) is 22.9. The molecular weight excluding hydrogens is 937 g/mol. The zero-order valence-electron chi connectivity index (χ0n) is 51.0. The maximum absolute atomic E-state index is 12.9. The van der Waals surface area contributed by atoms with E-state index in [1.54, 1.807) is 0 Å². The summed E-state index contributed by atoms with van der Waals surface area (Å²) in [5.74, 6) is -0.869. The highest BCUT2D eigenvalue weighted by atomic mass is 16.6. The van der Waals surface area contributed by atoms with Gasteiger partial charge >= 0.3 is 17.9 Å². The molecule has 0 amide bonds. The Morgan fingerprint density at radius 2 is 0.474 bits per heavy atom. The highest BCUT2D eigenvalue weighted by molar-refractivity contribution is 5.71. The first-order chi connectivity index (χ1) is 37.5. The number of hydrogen-bond donors (Lipinski definition) is 0. The van der Waals surface area contributed by atoms with E-state index in [-0.39, 0.29) is 31.1 Å². The molecule has 1 unspecified atom stereocenters. The fourth-order valence-electron chi connectivity index (χ4n) is 9.98. The number of carbonyl (C=O) groups excluding carboxylic acids is 3. The van der Waals surface area contributed by atoms with Gasteiger partial charge in [-0.25, -0.2) is 0 Å². The summed E-state index contributed by atoms with van der Waals surface area (Å²) in [5.41, 5.74) is 0. The summed E-state index contributed by atoms with van der Waals surface area (Å²) in [6, 6.07) is 0. The van der Waals surface area contributed by atoms with Gasteiger partial charge in [0.15, 0.2) is 6.10 Å². The molecular formula is C70H128O6. The number of hydrogen-bond acceptors (Lipinski definition) is 6. The van der Waals surface area contributed by atoms with Gasteiger partial charge in [-0.15, -0.1) is 0 Å². The van der Waals surface area contributed by atoms with Gasteiger partial charge < -0.3 is 14.2 Å². The Hall–Kier alpha value is -2.63. The minimum absolute atomic E-state index is 0.0739. The maximum atomic E-state index is 12.9. The Kier molecular flexibility index (Phi) is 62.6. The van der Waals surface area contributed by atoms with Crippen molar-refractivity contribution in [3.05, 3.63) is 48.6 Å². The minimum atomic E-state index is -0.776. The first kappa shape index (κ1) is 73.4. The third-order valence-corrected chi connectivity index (χ3v) is 15.1. The van der Waals surface area contributed by atoms with E-state index in [9.17, 15) is 14.4 Å². The first-order valence-corrected chi connectivity index (χ1v) is 33.6. The lowest BCUT2D eigenvalue weighted by atomic mass is 10.0. The molecule has 1 atom stereocenters. The Bertz CT molecular complexity index is 1310. The summed E-state index contributed by atoms with van der Waals surface area (Å²) in [5, 5.41) is 0. The number of rotatable bonds is 62. The largest absolute Gasteiger partial charge is 0.462 e. The van der Waals surface area contributed by atoms with Gasteiger partial charge in [-0.1, -0.05) is 307 Å². The van der Waals surface area contributed by atoms with Gasteiger partial charge in [0, 0.05) is 19.3 Å². The summed E-state index contributed by atoms with van der Waals surface area (Å²) in [6.07, 6.45) is 81.5. The van der Waals surface area contributed by atoms with E-state index in [4.69, 9.17) is 14.2 Å². The molecule has 6 heteroatoms. The Morgan fingerprint density at radius 1 is 0.263 bits per heavy atom. The van der Waals surface area contributed by atoms with Crippen LogP contribution in [0.15, 0.2) is 48.6 Å². The SMILES string of the molecule is CCCCC/C=C\C/C=C\CCCCCCCC(=O)OC(COC(=O)CCCCCCCCCCCC)COC(=O)CCCCCCCCCCCCCCCCCCCCCCC/C=C\C/C=C\CCCCCCC. The number of unbranched alkanes of at least 4 members (excludes halogenated alkanes) is 43. The molecule has 0 aliphatic carbocycles. The molecule has 0 bridgehead atoms. The second-order valence-corrected chi connectivity index (χ2v) is 22.7. The summed E-state index contributed by atoms with van der Waals surface area (Å²) in [6.45, 7) is 6.62. The molecule has 0 aromatic carbocycles. The van der Waals surface area contributed by atoms with E-state index < -0.39 is 6.10 Å². The van der Waals surface area contributed by atoms with Crippen molar-refractivity contribution >= 4 is 17.9 Å². The van der Waals surface area contributed by atoms with Gasteiger partial charge in [0.25, 0.3) is 0 Å². The van der Waals surface area contributed by atoms with Crippen LogP contribution in [0, 0.1) is 0 Å². The predicted molar refractivity (Wildman–Crippen MR) is 330 cm³/mol. The molecule has 0 rings (SSSR count). The molecule has 0 N–H and O–H groups in total. The van der Waals surface area contributed by atoms with Crippen LogP contribution in [0.25, 0.3) is 0 Å². The summed E-state index contributed by atoms with van der Waals surface area (Å²) in [7, 11) is 0. The Labute approximate surface area is 473 Å². The molecule has 0 saturated carbocycles. The molecule has 0 saturated heterocycles. The van der Waals surface area contributed by atoms with Gasteiger partial charge in [0.1, 0.15) is 13.2 Å². The molecule has 0 spiro atoms. The minimum Gasteiger partial charge on any atom is -0.462 e. The van der Waals surface area contributed by atoms with Crippen LogP contribution >= 0.6 is 0 Å². The lowest BCUT2D eigenvalue weighted by molar-refractivity contribution is -0.167. The topological polar surface area (TPSA) is 78.9 Å². The quantitative estimate of drug-likeness (QED) is 0.0261. The summed E-state index contributed by atoms with van der Waals surface area (Å²) >= 11 is 0. The van der Waals surface area contributed by atoms with Gasteiger partial charge in [-0.05, 0) is 83.5 Å². The van der Waals surface area contributed by atoms with Crippen LogP contribution in [0.1, 0.15) is 361 Å². The molecule has 0 aromatic heterocycles. The zero-order valence-corrected chi connectivity index (χ0v) is 51.0. The third kappa shape index (κ3) is 62.2. The van der Waals surface area contributed by atoms with Crippen molar-refractivity contribution in [2.24, 2.45) is 0 Å². The lowest BCUT2D eigenvalue weighted by Crippen LogP contribution is -2.30. The first-order valence-electron chi connectivity index (χ1n) is 33.6. The number of esters is 3. The van der Waals surface area contributed by atoms with E-state index in [1.165, 1.54) is 231 Å². The number of carbonyl (C=O) groups is 3. The third-order valence-electron chi connectivity index (χ3n) is 15.1. The average Bonchev–Trinajstić information content (AvgIpc) is 3.42. The van der Waals surface area contributed by atoms with E-state index in [1.807, 2.05) is 0 Å². The van der Waals surface area contributed by atoms with Crippen molar-refractivity contribution in [3.8, 4) is 0 Å². The fraction of sp³-hybridized carbons (Fsp3) is 0.843. The molecule has 6 nitrogen and oxygen atoms in total. The Balaban J connectivity index is 4.04. The van der Waals surface area contributed by atoms with Gasteiger partial charge in [0.2, 0.25) is 0 Å². The summed E-state index contributed by atoms with van der Waals surface area (Å²) in [4.78, 5) is 38.2. The van der Waals surface area contributed by atoms with E-state index in [2.05, 4.69) is 69.4 Å². The number of ether oxygens (including phenoxy) is 3. The Morgan fingerprint density at radius 3 is 0.750 bits per heavy atom. The molecule has 0 aliphatic rings. The standard InChI is InChI=1S/C70H128O6/c1-4-7-10-13-16-19-22-24-26-27-28-29-30-31-32-33-34-35-36-37-38-39-40-41-42-43-45-46-48-51-54-57-60-63-69(72)75-66-67(65-74-68(71)62-59-56-53-50-21-18-15-12-9-6-3)76-70(73)64-61-58-55-52-49-47-44-25-23-20-17-14-11-8-5-2/h17,20,22,24-25,27-28,44,67H,4-16,18-19,21,23,26,29-43,45-66H2,1-3H3/b20-17-,24-22-,28-27-,44-25-. The van der Waals surface area contributed by atoms with Crippen LogP contribution in [0.5, 0.6) is 0 Å². The number of allylic oxidation sites excluding steroid dienone is 8. The van der Waals surface area contributed by atoms with E-state index >= 15 is 0 Å². The monoisotopic (exact) mass is 1060 g/mol. The highest BCUT2D eigenvalue weighted by Gasteiger charge is 2.19. The summed E-state index contributed by atoms with van der Waals surface area (Å²) < 4.78 is 16.9. The molecule has 76 heavy (non-hydrogen) atoms. The van der Waals surface area contributed by atoms with Crippen LogP contribution in [0.4, 0.5) is 0 Å². The van der Waals surface area contributed by atoms with Crippen molar-refractivity contribution in [3.63, 3.8) is 0 Å². The lowest BCUT2D eigenvalue weighted by Gasteiger charge is -2.18. The highest BCUT2D eigenvalue weighted by Crippen LogP contribution is 2.18. The maximum Gasteiger partial charge on any atom is 0.306 e. The van der Waals surface area contributed by atoms with Gasteiger partial charge in [-0.3, -0.25) is 14.4 Å². The molecule has 0 heterocycles. The van der Waals surface area contributed by atoms with Crippen molar-refractivity contribution < 1.29 is 28.6 Å². The van der Waals surface area contributed by atoms with Crippen LogP contribution in [-0.4, -0.2) is 37.2 Å². The molecule has 0 fully saturated rings. The van der Waals surface area contributed by atoms with Crippen molar-refractivity contribution in [1.29, 1.82) is 0 Å². The molecule has 0 radical (unpaired) electrons. The molecule has 0 aliphatic heterocycles. The fourth-order valence-corrected chi connectivity index (χ4v) is 9.98. The molecule has 0 aromatic rings. The van der Waals surface area contributed by atoms with Crippen LogP contribution in [0.3, 0.4) is 0 Å². The smallest absolute Gasteiger partial charge is 0.306 e. The van der Waals surface area contributed by atoms with Gasteiger partial charge in [0.05, 0.1) is 0 Å². The van der Waals surface area contributed by atoms with E-state index in [0.717, 1.165) is 89.9 Å². The van der Waals surface area contributed by atoms with Crippen LogP contribution in [0.2, 0.25) is 0 Å². The van der Waals surface area contributed by atoms with E-state index in [0.29, 0.717) is 19.3 Å². The van der Waals surface area contributed by atoms with Crippen molar-refractivity contribution in [2.75, 3.05) is 13.2 Å². The second-order valence-electron chi connectivity index (χ2n) is 22.7. The van der Waals surface area contributed by atoms with Crippen molar-refractivity contribution in [2.45, 2.75) is 367 Å².